The standard InChI is InChI=1S/C29H46N2O7/c1-7-9-12-18-24(37-27(33)21(3)30-5)26(32)31(6)22(4)28(34)38-25(19-13-10-8-2)29(35)36-20-23-16-14-11-15-17-23/h11,14-17,21-22,24-25,30H,7-10,12-13,18-20H2,1-6H3/t21-,22-,24+,25+/m0/s1. The summed E-state index contributed by atoms with van der Waals surface area (Å²) in [5, 5.41) is 2.80. The van der Waals surface area contributed by atoms with E-state index in [2.05, 4.69) is 5.32 Å². The predicted molar refractivity (Wildman–Crippen MR) is 145 cm³/mol. The molecule has 1 aromatic rings. The lowest BCUT2D eigenvalue weighted by molar-refractivity contribution is -0.174. The molecule has 1 rings (SSSR count). The predicted octanol–water partition coefficient (Wildman–Crippen LogP) is 4.17. The van der Waals surface area contributed by atoms with Gasteiger partial charge in [-0.25, -0.2) is 9.59 Å². The fourth-order valence-electron chi connectivity index (χ4n) is 3.61. The highest BCUT2D eigenvalue weighted by atomic mass is 16.6. The third-order valence-electron chi connectivity index (χ3n) is 6.48. The molecule has 0 aromatic heterocycles. The SMILES string of the molecule is CCCCC[C@@H](OC(=O)[C@H](C)N(C)C(=O)[C@@H](CCCCC)OC(=O)[C@H](C)NC)C(=O)OCc1ccccc1. The number of rotatable bonds is 18. The third-order valence-corrected chi connectivity index (χ3v) is 6.48. The van der Waals surface area contributed by atoms with Crippen LogP contribution in [0.15, 0.2) is 30.3 Å². The van der Waals surface area contributed by atoms with E-state index in [0.717, 1.165) is 31.2 Å². The Morgan fingerprint density at radius 2 is 1.37 bits per heavy atom. The Balaban J connectivity index is 2.88. The van der Waals surface area contributed by atoms with Gasteiger partial charge in [0.05, 0.1) is 0 Å². The van der Waals surface area contributed by atoms with Crippen LogP contribution in [0.3, 0.4) is 0 Å². The molecule has 9 nitrogen and oxygen atoms in total. The number of benzene rings is 1. The molecule has 0 saturated heterocycles. The topological polar surface area (TPSA) is 111 Å². The van der Waals surface area contributed by atoms with E-state index in [-0.39, 0.29) is 6.61 Å². The van der Waals surface area contributed by atoms with Gasteiger partial charge in [-0.3, -0.25) is 9.59 Å². The van der Waals surface area contributed by atoms with Gasteiger partial charge in [-0.15, -0.1) is 0 Å². The van der Waals surface area contributed by atoms with Gasteiger partial charge in [0.25, 0.3) is 5.91 Å². The fourth-order valence-corrected chi connectivity index (χ4v) is 3.61. The van der Waals surface area contributed by atoms with E-state index >= 15 is 0 Å². The number of carbonyl (C=O) groups excluding carboxylic acids is 4. The Kier molecular flexibility index (Phi) is 16.0. The summed E-state index contributed by atoms with van der Waals surface area (Å²) in [5.74, 6) is -2.37. The zero-order chi connectivity index (χ0) is 28.5. The second kappa shape index (κ2) is 18.3. The summed E-state index contributed by atoms with van der Waals surface area (Å²) in [6, 6.07) is 7.69. The Bertz CT molecular complexity index is 862. The highest BCUT2D eigenvalue weighted by molar-refractivity contribution is 5.89. The fraction of sp³-hybridized carbons (Fsp3) is 0.655. The number of hydrogen-bond donors (Lipinski definition) is 1. The average molecular weight is 535 g/mol. The second-order valence-electron chi connectivity index (χ2n) is 9.57. The van der Waals surface area contributed by atoms with Gasteiger partial charge in [0.15, 0.2) is 12.2 Å². The van der Waals surface area contributed by atoms with Crippen LogP contribution in [-0.2, 0) is 40.0 Å². The van der Waals surface area contributed by atoms with Crippen LogP contribution in [0.1, 0.15) is 84.6 Å². The molecule has 0 unspecified atom stereocenters. The summed E-state index contributed by atoms with van der Waals surface area (Å²) in [5.41, 5.74) is 0.828. The van der Waals surface area contributed by atoms with Gasteiger partial charge >= 0.3 is 17.9 Å². The molecular weight excluding hydrogens is 488 g/mol. The molecule has 214 valence electrons. The van der Waals surface area contributed by atoms with Gasteiger partial charge in [0.1, 0.15) is 18.7 Å². The lowest BCUT2D eigenvalue weighted by atomic mass is 10.1. The van der Waals surface area contributed by atoms with E-state index in [1.165, 1.54) is 18.9 Å². The van der Waals surface area contributed by atoms with E-state index in [4.69, 9.17) is 14.2 Å². The highest BCUT2D eigenvalue weighted by Gasteiger charge is 2.34. The van der Waals surface area contributed by atoms with Crippen molar-refractivity contribution in [2.45, 2.75) is 110 Å². The minimum Gasteiger partial charge on any atom is -0.458 e. The molecule has 1 aromatic carbocycles. The number of ether oxygens (including phenoxy) is 3. The Labute approximate surface area is 227 Å². The number of likely N-dealkylation sites (N-methyl/N-ethyl adjacent to an activating group) is 2. The number of carbonyl (C=O) groups is 4. The molecule has 0 bridgehead atoms. The first-order valence-electron chi connectivity index (χ1n) is 13.7. The summed E-state index contributed by atoms with van der Waals surface area (Å²) < 4.78 is 16.5. The van der Waals surface area contributed by atoms with Crippen molar-refractivity contribution in [2.75, 3.05) is 14.1 Å². The van der Waals surface area contributed by atoms with Crippen LogP contribution in [0, 0.1) is 0 Å². The first-order chi connectivity index (χ1) is 18.2. The molecule has 1 amide bonds. The number of hydrogen-bond acceptors (Lipinski definition) is 8. The molecule has 0 saturated carbocycles. The number of esters is 3. The van der Waals surface area contributed by atoms with Gasteiger partial charge in [0, 0.05) is 7.05 Å². The molecule has 0 radical (unpaired) electrons. The van der Waals surface area contributed by atoms with Crippen molar-refractivity contribution in [3.8, 4) is 0 Å². The minimum atomic E-state index is -1.07. The zero-order valence-corrected chi connectivity index (χ0v) is 23.9. The van der Waals surface area contributed by atoms with Gasteiger partial charge in [-0.1, -0.05) is 69.9 Å². The molecule has 0 heterocycles. The van der Waals surface area contributed by atoms with E-state index in [1.807, 2.05) is 44.2 Å². The summed E-state index contributed by atoms with van der Waals surface area (Å²) in [7, 11) is 3.10. The Morgan fingerprint density at radius 3 is 1.92 bits per heavy atom. The molecule has 4 atom stereocenters. The molecule has 0 aliphatic rings. The molecular formula is C29H46N2O7. The summed E-state index contributed by atoms with van der Waals surface area (Å²) in [6.45, 7) is 7.33. The molecule has 0 fully saturated rings. The third kappa shape index (κ3) is 11.6. The van der Waals surface area contributed by atoms with Crippen molar-refractivity contribution in [3.05, 3.63) is 35.9 Å². The highest BCUT2D eigenvalue weighted by Crippen LogP contribution is 2.16. The lowest BCUT2D eigenvalue weighted by Gasteiger charge is -2.29. The number of nitrogens with one attached hydrogen (secondary N) is 1. The quantitative estimate of drug-likeness (QED) is 0.170. The monoisotopic (exact) mass is 534 g/mol. The van der Waals surface area contributed by atoms with E-state index in [1.54, 1.807) is 14.0 Å². The maximum atomic E-state index is 13.2. The number of unbranched alkanes of at least 4 members (excludes halogenated alkanes) is 4. The van der Waals surface area contributed by atoms with Crippen LogP contribution in [0.5, 0.6) is 0 Å². The first-order valence-corrected chi connectivity index (χ1v) is 13.7. The summed E-state index contributed by atoms with van der Waals surface area (Å²) >= 11 is 0. The average Bonchev–Trinajstić information content (AvgIpc) is 2.93. The van der Waals surface area contributed by atoms with Crippen LogP contribution >= 0.6 is 0 Å². The Hall–Kier alpha value is -2.94. The zero-order valence-electron chi connectivity index (χ0n) is 23.9. The van der Waals surface area contributed by atoms with Crippen LogP contribution in [-0.4, -0.2) is 67.1 Å². The summed E-state index contributed by atoms with van der Waals surface area (Å²) in [4.78, 5) is 52.7. The van der Waals surface area contributed by atoms with Gasteiger partial charge in [-0.05, 0) is 52.1 Å². The molecule has 0 spiro atoms. The van der Waals surface area contributed by atoms with Gasteiger partial charge in [0.2, 0.25) is 0 Å². The second-order valence-corrected chi connectivity index (χ2v) is 9.57. The largest absolute Gasteiger partial charge is 0.458 e. The van der Waals surface area contributed by atoms with Crippen LogP contribution < -0.4 is 5.32 Å². The minimum absolute atomic E-state index is 0.0747. The van der Waals surface area contributed by atoms with Crippen molar-refractivity contribution in [1.82, 2.24) is 10.2 Å². The maximum Gasteiger partial charge on any atom is 0.347 e. The first kappa shape index (κ1) is 33.1. The van der Waals surface area contributed by atoms with Crippen molar-refractivity contribution in [1.29, 1.82) is 0 Å². The van der Waals surface area contributed by atoms with Crippen LogP contribution in [0.4, 0.5) is 0 Å². The van der Waals surface area contributed by atoms with Gasteiger partial charge in [-0.2, -0.15) is 0 Å². The van der Waals surface area contributed by atoms with Crippen LogP contribution in [0.25, 0.3) is 0 Å². The van der Waals surface area contributed by atoms with E-state index in [0.29, 0.717) is 25.7 Å². The lowest BCUT2D eigenvalue weighted by Crippen LogP contribution is -2.49. The Morgan fingerprint density at radius 1 is 0.816 bits per heavy atom. The van der Waals surface area contributed by atoms with Crippen molar-refractivity contribution in [3.63, 3.8) is 0 Å². The molecule has 38 heavy (non-hydrogen) atoms. The maximum absolute atomic E-state index is 13.2. The molecule has 9 heteroatoms. The van der Waals surface area contributed by atoms with Crippen molar-refractivity contribution in [2.24, 2.45) is 0 Å². The smallest absolute Gasteiger partial charge is 0.347 e. The van der Waals surface area contributed by atoms with Crippen LogP contribution in [0.2, 0.25) is 0 Å². The molecule has 0 aliphatic carbocycles. The van der Waals surface area contributed by atoms with Crippen molar-refractivity contribution >= 4 is 23.8 Å². The van der Waals surface area contributed by atoms with E-state index < -0.39 is 48.1 Å². The van der Waals surface area contributed by atoms with Crippen molar-refractivity contribution < 1.29 is 33.4 Å². The number of nitrogens with zero attached hydrogens (tertiary/aromatic N) is 1. The summed E-state index contributed by atoms with van der Waals surface area (Å²) in [6.07, 6.45) is 3.64. The van der Waals surface area contributed by atoms with E-state index in [9.17, 15) is 19.2 Å². The number of amides is 1. The molecule has 1 N–H and O–H groups in total. The van der Waals surface area contributed by atoms with Gasteiger partial charge < -0.3 is 24.4 Å². The normalized spacial score (nSPS) is 14.1. The molecule has 0 aliphatic heterocycles.